The van der Waals surface area contributed by atoms with Gasteiger partial charge in [-0.25, -0.2) is 9.59 Å². The van der Waals surface area contributed by atoms with Crippen molar-refractivity contribution in [3.8, 4) is 6.07 Å². The van der Waals surface area contributed by atoms with Gasteiger partial charge in [-0.2, -0.15) is 18.4 Å². The average molecular weight is 445 g/mol. The third kappa shape index (κ3) is 4.58. The van der Waals surface area contributed by atoms with Crippen LogP contribution in [0.5, 0.6) is 0 Å². The number of ether oxygens (including phenoxy) is 1. The van der Waals surface area contributed by atoms with Gasteiger partial charge in [0.1, 0.15) is 6.61 Å². The van der Waals surface area contributed by atoms with Gasteiger partial charge in [0.25, 0.3) is 0 Å². The van der Waals surface area contributed by atoms with Crippen LogP contribution in [0.4, 0.5) is 23.7 Å². The highest BCUT2D eigenvalue weighted by atomic mass is 19.4. The minimum Gasteiger partial charge on any atom is -0.460 e. The van der Waals surface area contributed by atoms with Crippen molar-refractivity contribution in [2.75, 3.05) is 18.1 Å². The van der Waals surface area contributed by atoms with Gasteiger partial charge in [0.15, 0.2) is 0 Å². The van der Waals surface area contributed by atoms with Crippen LogP contribution in [0, 0.1) is 11.3 Å². The lowest BCUT2D eigenvalue weighted by Crippen LogP contribution is -2.48. The quantitative estimate of drug-likeness (QED) is 0.684. The zero-order valence-corrected chi connectivity index (χ0v) is 16.8. The van der Waals surface area contributed by atoms with Crippen molar-refractivity contribution in [1.29, 1.82) is 5.26 Å². The number of amides is 2. The van der Waals surface area contributed by atoms with Gasteiger partial charge in [0.2, 0.25) is 0 Å². The molecule has 2 aromatic rings. The van der Waals surface area contributed by atoms with Gasteiger partial charge in [-0.3, -0.25) is 4.90 Å². The molecule has 7 nitrogen and oxygen atoms in total. The fraction of sp³-hybridized carbons (Fsp3) is 0.227. The maximum atomic E-state index is 13.2. The van der Waals surface area contributed by atoms with E-state index < -0.39 is 36.4 Å². The topological polar surface area (TPSA) is 103 Å². The van der Waals surface area contributed by atoms with Crippen molar-refractivity contribution in [2.45, 2.75) is 19.1 Å². The van der Waals surface area contributed by atoms with Crippen LogP contribution in [0.2, 0.25) is 0 Å². The molecule has 1 heterocycles. The Kier molecular flexibility index (Phi) is 6.50. The highest BCUT2D eigenvalue weighted by Gasteiger charge is 2.38. The molecular formula is C22H18F3N3O4. The number of nitrogens with one attached hydrogen (secondary N) is 1. The van der Waals surface area contributed by atoms with Gasteiger partial charge in [-0.05, 0) is 42.8 Å². The van der Waals surface area contributed by atoms with Crippen LogP contribution < -0.4 is 10.2 Å². The molecule has 0 bridgehead atoms. The van der Waals surface area contributed by atoms with Crippen molar-refractivity contribution < 1.29 is 32.6 Å². The first-order chi connectivity index (χ1) is 15.2. The SMILES string of the molecule is CC1=C(C(=O)OCCO)[C@@H](c2ccc(C#N)cc2)NC(=O)N1c1cccc(C(F)(F)F)c1. The molecule has 0 aliphatic carbocycles. The number of nitrogens with zero attached hydrogens (tertiary/aromatic N) is 2. The van der Waals surface area contributed by atoms with Crippen LogP contribution in [0.15, 0.2) is 59.8 Å². The monoisotopic (exact) mass is 445 g/mol. The molecule has 0 fully saturated rings. The lowest BCUT2D eigenvalue weighted by molar-refractivity contribution is -0.140. The average Bonchev–Trinajstić information content (AvgIpc) is 2.76. The molecule has 1 atom stereocenters. The molecule has 2 aromatic carbocycles. The zero-order valence-electron chi connectivity index (χ0n) is 16.8. The summed E-state index contributed by atoms with van der Waals surface area (Å²) in [6.07, 6.45) is -4.62. The molecule has 0 saturated heterocycles. The van der Waals surface area contributed by atoms with Crippen LogP contribution in [0.1, 0.15) is 29.7 Å². The number of allylic oxidation sites excluding steroid dienone is 1. The first-order valence-electron chi connectivity index (χ1n) is 9.44. The van der Waals surface area contributed by atoms with E-state index in [1.54, 1.807) is 12.1 Å². The van der Waals surface area contributed by atoms with E-state index in [1.165, 1.54) is 25.1 Å². The van der Waals surface area contributed by atoms with Gasteiger partial charge in [-0.1, -0.05) is 18.2 Å². The predicted octanol–water partition coefficient (Wildman–Crippen LogP) is 3.66. The summed E-state index contributed by atoms with van der Waals surface area (Å²) in [4.78, 5) is 26.7. The third-order valence-electron chi connectivity index (χ3n) is 4.83. The Hall–Kier alpha value is -3.84. The fourth-order valence-corrected chi connectivity index (χ4v) is 3.36. The van der Waals surface area contributed by atoms with Crippen LogP contribution in [-0.2, 0) is 15.7 Å². The number of carbonyl (C=O) groups excluding carboxylic acids is 2. The Balaban J connectivity index is 2.12. The van der Waals surface area contributed by atoms with E-state index in [4.69, 9.17) is 15.1 Å². The lowest BCUT2D eigenvalue weighted by atomic mass is 9.94. The molecule has 1 aliphatic heterocycles. The van der Waals surface area contributed by atoms with Gasteiger partial charge in [0.05, 0.1) is 41.1 Å². The summed E-state index contributed by atoms with van der Waals surface area (Å²) in [5.41, 5.74) is -0.136. The molecule has 0 saturated carbocycles. The number of benzene rings is 2. The van der Waals surface area contributed by atoms with Crippen molar-refractivity contribution in [3.05, 3.63) is 76.5 Å². The molecular weight excluding hydrogens is 427 g/mol. The van der Waals surface area contributed by atoms with Crippen LogP contribution in [0.25, 0.3) is 0 Å². The number of hydrogen-bond donors (Lipinski definition) is 2. The minimum absolute atomic E-state index is 0.0137. The summed E-state index contributed by atoms with van der Waals surface area (Å²) in [5, 5.41) is 20.6. The smallest absolute Gasteiger partial charge is 0.416 e. The maximum absolute atomic E-state index is 13.2. The molecule has 166 valence electrons. The molecule has 10 heteroatoms. The van der Waals surface area contributed by atoms with Gasteiger partial charge < -0.3 is 15.2 Å². The van der Waals surface area contributed by atoms with Crippen LogP contribution in [-0.4, -0.2) is 30.3 Å². The molecule has 0 unspecified atom stereocenters. The molecule has 3 rings (SSSR count). The highest BCUT2D eigenvalue weighted by molar-refractivity contribution is 6.03. The highest BCUT2D eigenvalue weighted by Crippen LogP contribution is 2.37. The van der Waals surface area contributed by atoms with Crippen molar-refractivity contribution in [1.82, 2.24) is 5.32 Å². The van der Waals surface area contributed by atoms with Gasteiger partial charge >= 0.3 is 18.2 Å². The Labute approximate surface area is 181 Å². The summed E-state index contributed by atoms with van der Waals surface area (Å²) in [6, 6.07) is 10.5. The molecule has 0 aromatic heterocycles. The largest absolute Gasteiger partial charge is 0.460 e. The molecule has 0 spiro atoms. The number of anilines is 1. The number of rotatable bonds is 5. The predicted molar refractivity (Wildman–Crippen MR) is 107 cm³/mol. The minimum atomic E-state index is -4.62. The Morgan fingerprint density at radius 3 is 2.53 bits per heavy atom. The van der Waals surface area contributed by atoms with E-state index in [9.17, 15) is 22.8 Å². The summed E-state index contributed by atoms with van der Waals surface area (Å²) in [6.45, 7) is 0.696. The molecule has 32 heavy (non-hydrogen) atoms. The number of halogens is 3. The van der Waals surface area contributed by atoms with E-state index in [2.05, 4.69) is 5.32 Å². The van der Waals surface area contributed by atoms with E-state index in [1.807, 2.05) is 6.07 Å². The van der Waals surface area contributed by atoms with Crippen molar-refractivity contribution in [3.63, 3.8) is 0 Å². The van der Waals surface area contributed by atoms with Crippen LogP contribution in [0.3, 0.4) is 0 Å². The van der Waals surface area contributed by atoms with E-state index in [-0.39, 0.29) is 23.6 Å². The molecule has 2 N–H and O–H groups in total. The lowest BCUT2D eigenvalue weighted by Gasteiger charge is -2.35. The number of alkyl halides is 3. The van der Waals surface area contributed by atoms with Crippen molar-refractivity contribution >= 4 is 17.7 Å². The van der Waals surface area contributed by atoms with E-state index in [0.29, 0.717) is 11.1 Å². The Morgan fingerprint density at radius 1 is 1.25 bits per heavy atom. The summed E-state index contributed by atoms with van der Waals surface area (Å²) in [5.74, 6) is -0.845. The van der Waals surface area contributed by atoms with Gasteiger partial charge in [0, 0.05) is 5.70 Å². The Bertz CT molecular complexity index is 1100. The first-order valence-corrected chi connectivity index (χ1v) is 9.44. The summed E-state index contributed by atoms with van der Waals surface area (Å²) >= 11 is 0. The standard InChI is InChI=1S/C22H18F3N3O4/c1-13-18(20(30)32-10-9-29)19(15-7-5-14(12-26)6-8-15)27-21(31)28(13)17-4-2-3-16(11-17)22(23,24)25/h2-8,11,19,29H,9-10H2,1H3,(H,27,31)/t19-/m1/s1. The normalized spacial score (nSPS) is 16.4. The fourth-order valence-electron chi connectivity index (χ4n) is 3.36. The number of nitriles is 1. The number of hydrogen-bond acceptors (Lipinski definition) is 5. The number of esters is 1. The van der Waals surface area contributed by atoms with E-state index in [0.717, 1.165) is 23.1 Å². The Morgan fingerprint density at radius 2 is 1.94 bits per heavy atom. The van der Waals surface area contributed by atoms with E-state index >= 15 is 0 Å². The summed E-state index contributed by atoms with van der Waals surface area (Å²) < 4.78 is 44.5. The van der Waals surface area contributed by atoms with Gasteiger partial charge in [-0.15, -0.1) is 0 Å². The second-order valence-corrected chi connectivity index (χ2v) is 6.86. The number of aliphatic hydroxyl groups excluding tert-OH is 1. The summed E-state index contributed by atoms with van der Waals surface area (Å²) in [7, 11) is 0. The molecule has 2 amide bonds. The number of aliphatic hydroxyl groups is 1. The third-order valence-corrected chi connectivity index (χ3v) is 4.83. The zero-order chi connectivity index (χ0) is 23.5. The maximum Gasteiger partial charge on any atom is 0.416 e. The second-order valence-electron chi connectivity index (χ2n) is 6.86. The first kappa shape index (κ1) is 22.8. The van der Waals surface area contributed by atoms with Crippen molar-refractivity contribution in [2.24, 2.45) is 0 Å². The molecule has 1 aliphatic rings. The second kappa shape index (κ2) is 9.11. The molecule has 0 radical (unpaired) electrons. The number of carbonyl (C=O) groups is 2. The van der Waals surface area contributed by atoms with Crippen LogP contribution >= 0.6 is 0 Å². The number of urea groups is 1.